The van der Waals surface area contributed by atoms with Gasteiger partial charge in [0.2, 0.25) is 0 Å². The van der Waals surface area contributed by atoms with Crippen LogP contribution in [0.2, 0.25) is 5.02 Å². The van der Waals surface area contributed by atoms with Crippen LogP contribution in [-0.4, -0.2) is 49.7 Å². The summed E-state index contributed by atoms with van der Waals surface area (Å²) in [6.45, 7) is 7.48. The molecule has 178 valence electrons. The van der Waals surface area contributed by atoms with E-state index in [2.05, 4.69) is 44.7 Å². The van der Waals surface area contributed by atoms with Gasteiger partial charge in [-0.05, 0) is 25.2 Å². The number of amides is 1. The standard InChI is InChI=1S/C23H26ClN7O2S/c1-4-10-25-20-16-13-27-31(21(16)29-23(28-20)34-5-2)12-11-26-22(32)18-14(3)33-30-19(18)15-8-6-7-9-17(15)24/h6-9,13H,4-5,10-12H2,1-3H3,(H,26,32)(H,25,28,29). The fourth-order valence-electron chi connectivity index (χ4n) is 3.51. The second-order valence-electron chi connectivity index (χ2n) is 7.52. The SMILES string of the molecule is CCCNc1nc(SCC)nc2c1cnn2CCNC(=O)c1c(-c2ccccc2Cl)noc1C. The van der Waals surface area contributed by atoms with E-state index < -0.39 is 0 Å². The van der Waals surface area contributed by atoms with E-state index in [1.807, 2.05) is 18.2 Å². The topological polar surface area (TPSA) is 111 Å². The van der Waals surface area contributed by atoms with Gasteiger partial charge < -0.3 is 15.2 Å². The first-order chi connectivity index (χ1) is 16.5. The van der Waals surface area contributed by atoms with Crippen molar-refractivity contribution in [3.63, 3.8) is 0 Å². The van der Waals surface area contributed by atoms with E-state index in [1.165, 1.54) is 0 Å². The Morgan fingerprint density at radius 1 is 1.21 bits per heavy atom. The average molecular weight is 500 g/mol. The van der Waals surface area contributed by atoms with Gasteiger partial charge in [-0.15, -0.1) is 0 Å². The Kier molecular flexibility index (Phi) is 7.69. The van der Waals surface area contributed by atoms with Crippen LogP contribution >= 0.6 is 23.4 Å². The van der Waals surface area contributed by atoms with Crippen LogP contribution in [0.15, 0.2) is 40.1 Å². The smallest absolute Gasteiger partial charge is 0.257 e. The molecule has 1 aromatic carbocycles. The summed E-state index contributed by atoms with van der Waals surface area (Å²) in [5.74, 6) is 1.79. The van der Waals surface area contributed by atoms with E-state index in [0.717, 1.165) is 35.6 Å². The molecule has 34 heavy (non-hydrogen) atoms. The van der Waals surface area contributed by atoms with Crippen LogP contribution < -0.4 is 10.6 Å². The molecule has 0 saturated heterocycles. The van der Waals surface area contributed by atoms with Gasteiger partial charge >= 0.3 is 0 Å². The zero-order valence-electron chi connectivity index (χ0n) is 19.3. The molecule has 0 saturated carbocycles. The molecule has 0 aliphatic rings. The third-order valence-corrected chi connectivity index (χ3v) is 6.18. The molecule has 4 aromatic rings. The van der Waals surface area contributed by atoms with Crippen molar-refractivity contribution in [1.29, 1.82) is 0 Å². The molecule has 11 heteroatoms. The van der Waals surface area contributed by atoms with Crippen LogP contribution in [0, 0.1) is 6.92 Å². The third-order valence-electron chi connectivity index (χ3n) is 5.12. The van der Waals surface area contributed by atoms with Crippen molar-refractivity contribution in [1.82, 2.24) is 30.2 Å². The van der Waals surface area contributed by atoms with Crippen LogP contribution in [0.4, 0.5) is 5.82 Å². The van der Waals surface area contributed by atoms with Gasteiger partial charge in [0.15, 0.2) is 10.8 Å². The molecule has 0 aliphatic carbocycles. The minimum Gasteiger partial charge on any atom is -0.369 e. The van der Waals surface area contributed by atoms with E-state index in [0.29, 0.717) is 45.8 Å². The van der Waals surface area contributed by atoms with Gasteiger partial charge in [0.05, 0.1) is 23.2 Å². The molecule has 0 spiro atoms. The van der Waals surface area contributed by atoms with E-state index >= 15 is 0 Å². The summed E-state index contributed by atoms with van der Waals surface area (Å²) in [7, 11) is 0. The number of benzene rings is 1. The normalized spacial score (nSPS) is 11.2. The first-order valence-electron chi connectivity index (χ1n) is 11.1. The first-order valence-corrected chi connectivity index (χ1v) is 12.5. The predicted molar refractivity (Wildman–Crippen MR) is 135 cm³/mol. The van der Waals surface area contributed by atoms with Gasteiger partial charge in [-0.1, -0.05) is 60.6 Å². The number of thioether (sulfide) groups is 1. The molecule has 1 amide bonds. The summed E-state index contributed by atoms with van der Waals surface area (Å²) < 4.78 is 7.09. The molecule has 3 aromatic heterocycles. The molecule has 0 atom stereocenters. The molecule has 4 rings (SSSR count). The van der Waals surface area contributed by atoms with E-state index in [1.54, 1.807) is 35.6 Å². The van der Waals surface area contributed by atoms with Gasteiger partial charge in [-0.2, -0.15) is 5.10 Å². The number of rotatable bonds is 10. The lowest BCUT2D eigenvalue weighted by Crippen LogP contribution is -2.28. The summed E-state index contributed by atoms with van der Waals surface area (Å²) in [6, 6.07) is 7.22. The zero-order chi connectivity index (χ0) is 24.1. The van der Waals surface area contributed by atoms with Crippen LogP contribution in [0.3, 0.4) is 0 Å². The van der Waals surface area contributed by atoms with E-state index in [4.69, 9.17) is 16.1 Å². The Labute approximate surface area is 206 Å². The summed E-state index contributed by atoms with van der Waals surface area (Å²) in [5, 5.41) is 16.9. The number of anilines is 1. The largest absolute Gasteiger partial charge is 0.369 e. The lowest BCUT2D eigenvalue weighted by Gasteiger charge is -2.09. The zero-order valence-corrected chi connectivity index (χ0v) is 20.8. The van der Waals surface area contributed by atoms with Crippen molar-refractivity contribution < 1.29 is 9.32 Å². The van der Waals surface area contributed by atoms with Crippen molar-refractivity contribution in [2.24, 2.45) is 0 Å². The lowest BCUT2D eigenvalue weighted by molar-refractivity contribution is 0.0951. The number of nitrogens with one attached hydrogen (secondary N) is 2. The molecular weight excluding hydrogens is 474 g/mol. The molecule has 0 bridgehead atoms. The Hall–Kier alpha value is -3.11. The van der Waals surface area contributed by atoms with E-state index in [-0.39, 0.29) is 5.91 Å². The van der Waals surface area contributed by atoms with Gasteiger partial charge in [0.1, 0.15) is 22.8 Å². The molecule has 0 radical (unpaired) electrons. The van der Waals surface area contributed by atoms with Gasteiger partial charge in [-0.25, -0.2) is 14.6 Å². The third kappa shape index (κ3) is 5.02. The van der Waals surface area contributed by atoms with Crippen molar-refractivity contribution in [3.05, 3.63) is 46.8 Å². The van der Waals surface area contributed by atoms with Gasteiger partial charge in [0.25, 0.3) is 5.91 Å². The first kappa shape index (κ1) is 24.0. The summed E-state index contributed by atoms with van der Waals surface area (Å²) in [5.41, 5.74) is 2.17. The molecule has 0 aliphatic heterocycles. The predicted octanol–water partition coefficient (Wildman–Crippen LogP) is 4.81. The van der Waals surface area contributed by atoms with Crippen LogP contribution in [-0.2, 0) is 6.54 Å². The van der Waals surface area contributed by atoms with E-state index in [9.17, 15) is 4.79 Å². The highest BCUT2D eigenvalue weighted by molar-refractivity contribution is 7.99. The monoisotopic (exact) mass is 499 g/mol. The van der Waals surface area contributed by atoms with Crippen molar-refractivity contribution in [3.8, 4) is 11.3 Å². The fourth-order valence-corrected chi connectivity index (χ4v) is 4.30. The van der Waals surface area contributed by atoms with Crippen LogP contribution in [0.25, 0.3) is 22.3 Å². The minimum atomic E-state index is -0.285. The highest BCUT2D eigenvalue weighted by Gasteiger charge is 2.23. The maximum Gasteiger partial charge on any atom is 0.257 e. The Bertz CT molecular complexity index is 1300. The number of aromatic nitrogens is 5. The molecule has 3 heterocycles. The van der Waals surface area contributed by atoms with Crippen LogP contribution in [0.1, 0.15) is 36.4 Å². The quantitative estimate of drug-likeness (QED) is 0.236. The highest BCUT2D eigenvalue weighted by Crippen LogP contribution is 2.31. The molecular formula is C23H26ClN7O2S. The summed E-state index contributed by atoms with van der Waals surface area (Å²) >= 11 is 7.89. The van der Waals surface area contributed by atoms with Crippen molar-refractivity contribution >= 4 is 46.1 Å². The number of hydrogen-bond donors (Lipinski definition) is 2. The molecule has 2 N–H and O–H groups in total. The second kappa shape index (κ2) is 10.9. The van der Waals surface area contributed by atoms with Crippen molar-refractivity contribution in [2.45, 2.75) is 38.9 Å². The maximum absolute atomic E-state index is 13.0. The highest BCUT2D eigenvalue weighted by atomic mass is 35.5. The summed E-state index contributed by atoms with van der Waals surface area (Å²) in [4.78, 5) is 22.3. The Balaban J connectivity index is 1.52. The number of halogens is 1. The van der Waals surface area contributed by atoms with Crippen molar-refractivity contribution in [2.75, 3.05) is 24.2 Å². The Morgan fingerprint density at radius 3 is 2.79 bits per heavy atom. The second-order valence-corrected chi connectivity index (χ2v) is 9.16. The average Bonchev–Trinajstić information content (AvgIpc) is 3.41. The number of carbonyl (C=O) groups is 1. The minimum absolute atomic E-state index is 0.285. The maximum atomic E-state index is 13.0. The number of nitrogens with zero attached hydrogens (tertiary/aromatic N) is 5. The van der Waals surface area contributed by atoms with Gasteiger partial charge in [0, 0.05) is 18.7 Å². The number of fused-ring (bicyclic) bond motifs is 1. The molecule has 0 unspecified atom stereocenters. The number of carbonyl (C=O) groups excluding carboxylic acids is 1. The van der Waals surface area contributed by atoms with Crippen LogP contribution in [0.5, 0.6) is 0 Å². The lowest BCUT2D eigenvalue weighted by atomic mass is 10.1. The fraction of sp³-hybridized carbons (Fsp3) is 0.348. The number of hydrogen-bond acceptors (Lipinski definition) is 8. The Morgan fingerprint density at radius 2 is 2.03 bits per heavy atom. The van der Waals surface area contributed by atoms with Gasteiger partial charge in [-0.3, -0.25) is 4.79 Å². The summed E-state index contributed by atoms with van der Waals surface area (Å²) in [6.07, 6.45) is 2.75. The molecule has 0 fully saturated rings. The molecule has 9 nitrogen and oxygen atoms in total. The number of aryl methyl sites for hydroxylation is 1.